The Labute approximate surface area is 86.6 Å². The van der Waals surface area contributed by atoms with Gasteiger partial charge in [-0.1, -0.05) is 0 Å². The van der Waals surface area contributed by atoms with Crippen LogP contribution in [0.1, 0.15) is 25.3 Å². The zero-order valence-electron chi connectivity index (χ0n) is 8.46. The summed E-state index contributed by atoms with van der Waals surface area (Å²) >= 11 is 0. The van der Waals surface area contributed by atoms with Gasteiger partial charge in [-0.25, -0.2) is 4.68 Å². The van der Waals surface area contributed by atoms with Crippen molar-refractivity contribution >= 4 is 5.82 Å². The van der Waals surface area contributed by atoms with Gasteiger partial charge in [-0.3, -0.25) is 0 Å². The third-order valence-corrected chi connectivity index (χ3v) is 2.87. The second-order valence-corrected chi connectivity index (χ2v) is 3.77. The van der Waals surface area contributed by atoms with Crippen LogP contribution in [0.15, 0.2) is 6.20 Å². The molecule has 0 radical (unpaired) electrons. The second kappa shape index (κ2) is 3.93. The fourth-order valence-electron chi connectivity index (χ4n) is 1.99. The highest BCUT2D eigenvalue weighted by atomic mass is 16.6. The van der Waals surface area contributed by atoms with E-state index in [1.165, 1.54) is 6.20 Å². The first-order valence-electron chi connectivity index (χ1n) is 4.94. The van der Waals surface area contributed by atoms with Crippen molar-refractivity contribution in [1.29, 1.82) is 0 Å². The van der Waals surface area contributed by atoms with Gasteiger partial charge in [-0.15, -0.1) is 0 Å². The van der Waals surface area contributed by atoms with Crippen molar-refractivity contribution < 1.29 is 4.92 Å². The fraction of sp³-hybridized carbons (Fsp3) is 0.750. The summed E-state index contributed by atoms with van der Waals surface area (Å²) in [6.45, 7) is 0. The quantitative estimate of drug-likeness (QED) is 0.581. The molecule has 0 amide bonds. The Morgan fingerprint density at radius 2 is 2.47 bits per heavy atom. The molecule has 0 bridgehead atoms. The van der Waals surface area contributed by atoms with Crippen molar-refractivity contribution in [3.63, 3.8) is 0 Å². The third kappa shape index (κ3) is 1.96. The average Bonchev–Trinajstić information content (AvgIpc) is 2.86. The van der Waals surface area contributed by atoms with Crippen LogP contribution in [0.25, 0.3) is 0 Å². The standard InChI is InChI=1S/C8H13N5O2/c1-9-6-2-3-7(4-6)12-5-8(10-11-12)13(14)15/h5-7,9H,2-4H2,1H3. The fourth-order valence-corrected chi connectivity index (χ4v) is 1.99. The molecule has 0 spiro atoms. The Hall–Kier alpha value is -1.50. The van der Waals surface area contributed by atoms with Crippen LogP contribution in [0.3, 0.4) is 0 Å². The number of hydrogen-bond acceptors (Lipinski definition) is 5. The van der Waals surface area contributed by atoms with E-state index in [0.29, 0.717) is 6.04 Å². The Balaban J connectivity index is 2.07. The molecule has 82 valence electrons. The van der Waals surface area contributed by atoms with Gasteiger partial charge in [0.25, 0.3) is 0 Å². The van der Waals surface area contributed by atoms with Crippen LogP contribution in [0, 0.1) is 10.1 Å². The zero-order chi connectivity index (χ0) is 10.8. The average molecular weight is 211 g/mol. The van der Waals surface area contributed by atoms with Gasteiger partial charge in [-0.05, 0) is 31.2 Å². The van der Waals surface area contributed by atoms with Crippen LogP contribution >= 0.6 is 0 Å². The SMILES string of the molecule is CNC1CCC(n2cc([N+](=O)[O-])nn2)C1. The van der Waals surface area contributed by atoms with Gasteiger partial charge in [-0.2, -0.15) is 0 Å². The molecule has 7 nitrogen and oxygen atoms in total. The van der Waals surface area contributed by atoms with Gasteiger partial charge in [0.05, 0.1) is 11.3 Å². The maximum atomic E-state index is 10.4. The van der Waals surface area contributed by atoms with Crippen LogP contribution < -0.4 is 5.32 Å². The molecule has 2 unspecified atom stereocenters. The molecule has 1 aliphatic carbocycles. The molecule has 0 aliphatic heterocycles. The molecule has 1 heterocycles. The smallest absolute Gasteiger partial charge is 0.358 e. The molecule has 0 aromatic carbocycles. The lowest BCUT2D eigenvalue weighted by Crippen LogP contribution is -2.21. The summed E-state index contributed by atoms with van der Waals surface area (Å²) in [7, 11) is 1.93. The molecular formula is C8H13N5O2. The minimum absolute atomic E-state index is 0.178. The minimum atomic E-state index is -0.520. The van der Waals surface area contributed by atoms with E-state index in [2.05, 4.69) is 15.6 Å². The van der Waals surface area contributed by atoms with E-state index in [1.807, 2.05) is 7.05 Å². The first-order valence-corrected chi connectivity index (χ1v) is 4.94. The summed E-state index contributed by atoms with van der Waals surface area (Å²) < 4.78 is 1.61. The number of nitrogens with zero attached hydrogens (tertiary/aromatic N) is 4. The van der Waals surface area contributed by atoms with Crippen molar-refractivity contribution in [2.75, 3.05) is 7.05 Å². The van der Waals surface area contributed by atoms with E-state index in [4.69, 9.17) is 0 Å². The second-order valence-electron chi connectivity index (χ2n) is 3.77. The lowest BCUT2D eigenvalue weighted by molar-refractivity contribution is -0.389. The molecule has 7 heteroatoms. The van der Waals surface area contributed by atoms with Crippen molar-refractivity contribution in [2.24, 2.45) is 0 Å². The van der Waals surface area contributed by atoms with E-state index in [1.54, 1.807) is 4.68 Å². The molecule has 1 fully saturated rings. The maximum absolute atomic E-state index is 10.4. The van der Waals surface area contributed by atoms with E-state index in [-0.39, 0.29) is 11.9 Å². The minimum Gasteiger partial charge on any atom is -0.358 e. The predicted octanol–water partition coefficient (Wildman–Crippen LogP) is 0.499. The topological polar surface area (TPSA) is 85.9 Å². The summed E-state index contributed by atoms with van der Waals surface area (Å²) in [5.41, 5.74) is 0. The normalized spacial score (nSPS) is 25.7. The van der Waals surface area contributed by atoms with Crippen molar-refractivity contribution in [1.82, 2.24) is 20.3 Å². The molecule has 1 aliphatic rings. The Morgan fingerprint density at radius 1 is 1.67 bits per heavy atom. The van der Waals surface area contributed by atoms with Gasteiger partial charge < -0.3 is 15.4 Å². The Morgan fingerprint density at radius 3 is 3.00 bits per heavy atom. The van der Waals surface area contributed by atoms with Crippen LogP contribution in [0.5, 0.6) is 0 Å². The molecule has 1 aromatic heterocycles. The van der Waals surface area contributed by atoms with Gasteiger partial charge in [0.15, 0.2) is 0 Å². The van der Waals surface area contributed by atoms with Crippen LogP contribution in [-0.2, 0) is 0 Å². The monoisotopic (exact) mass is 211 g/mol. The van der Waals surface area contributed by atoms with Crippen LogP contribution in [0.2, 0.25) is 0 Å². The Kier molecular flexibility index (Phi) is 2.63. The summed E-state index contributed by atoms with van der Waals surface area (Å²) in [4.78, 5) is 9.91. The van der Waals surface area contributed by atoms with Crippen molar-refractivity contribution in [3.8, 4) is 0 Å². The molecule has 2 atom stereocenters. The number of hydrogen-bond donors (Lipinski definition) is 1. The van der Waals surface area contributed by atoms with Crippen LogP contribution in [0.4, 0.5) is 5.82 Å². The van der Waals surface area contributed by atoms with Gasteiger partial charge in [0.2, 0.25) is 0 Å². The van der Waals surface area contributed by atoms with Gasteiger partial charge >= 0.3 is 5.82 Å². The van der Waals surface area contributed by atoms with Crippen LogP contribution in [-0.4, -0.2) is 33.0 Å². The number of nitro groups is 1. The summed E-state index contributed by atoms with van der Waals surface area (Å²) in [6.07, 6.45) is 4.43. The van der Waals surface area contributed by atoms with Gasteiger partial charge in [0.1, 0.15) is 11.3 Å². The summed E-state index contributed by atoms with van der Waals surface area (Å²) in [5, 5.41) is 20.9. The molecule has 2 rings (SSSR count). The molecule has 15 heavy (non-hydrogen) atoms. The Bertz CT molecular complexity index is 364. The van der Waals surface area contributed by atoms with Crippen molar-refractivity contribution in [3.05, 3.63) is 16.3 Å². The highest BCUT2D eigenvalue weighted by Crippen LogP contribution is 2.29. The third-order valence-electron chi connectivity index (χ3n) is 2.87. The van der Waals surface area contributed by atoms with E-state index < -0.39 is 4.92 Å². The first kappa shape index (κ1) is 10.0. The van der Waals surface area contributed by atoms with E-state index in [0.717, 1.165) is 19.3 Å². The van der Waals surface area contributed by atoms with Crippen molar-refractivity contribution in [2.45, 2.75) is 31.3 Å². The van der Waals surface area contributed by atoms with Gasteiger partial charge in [0, 0.05) is 6.04 Å². The largest absolute Gasteiger partial charge is 0.410 e. The lowest BCUT2D eigenvalue weighted by atomic mass is 10.2. The zero-order valence-corrected chi connectivity index (χ0v) is 8.46. The summed E-state index contributed by atoms with van der Waals surface area (Å²) in [6, 6.07) is 0.724. The first-order chi connectivity index (χ1) is 7.20. The maximum Gasteiger partial charge on any atom is 0.410 e. The highest BCUT2D eigenvalue weighted by molar-refractivity contribution is 5.09. The number of rotatable bonds is 3. The van der Waals surface area contributed by atoms with E-state index in [9.17, 15) is 10.1 Å². The highest BCUT2D eigenvalue weighted by Gasteiger charge is 2.27. The van der Waals surface area contributed by atoms with E-state index >= 15 is 0 Å². The molecule has 0 saturated heterocycles. The molecular weight excluding hydrogens is 198 g/mol. The number of nitrogens with one attached hydrogen (secondary N) is 1. The molecule has 1 saturated carbocycles. The molecule has 1 aromatic rings. The summed E-state index contributed by atoms with van der Waals surface area (Å²) in [5.74, 6) is -0.178. The lowest BCUT2D eigenvalue weighted by Gasteiger charge is -2.08. The predicted molar refractivity (Wildman–Crippen MR) is 52.4 cm³/mol. The number of aromatic nitrogens is 3. The molecule has 1 N–H and O–H groups in total.